The number of aryl methyl sites for hydroxylation is 1. The van der Waals surface area contributed by atoms with E-state index >= 15 is 0 Å². The highest BCUT2D eigenvalue weighted by atomic mass is 19.1. The first-order valence-corrected chi connectivity index (χ1v) is 7.50. The van der Waals surface area contributed by atoms with Crippen molar-refractivity contribution in [3.05, 3.63) is 41.2 Å². The van der Waals surface area contributed by atoms with Crippen LogP contribution in [0.5, 0.6) is 0 Å². The van der Waals surface area contributed by atoms with Crippen LogP contribution in [0.1, 0.15) is 49.7 Å². The molecular weight excluding hydrogens is 253 g/mol. The zero-order valence-corrected chi connectivity index (χ0v) is 11.9. The third-order valence-electron chi connectivity index (χ3n) is 4.16. The summed E-state index contributed by atoms with van der Waals surface area (Å²) < 4.78 is 13.6. The Labute approximate surface area is 120 Å². The lowest BCUT2D eigenvalue weighted by Crippen LogP contribution is -2.31. The predicted molar refractivity (Wildman–Crippen MR) is 80.8 cm³/mol. The predicted octanol–water partition coefficient (Wildman–Crippen LogP) is 3.43. The van der Waals surface area contributed by atoms with Crippen LogP contribution in [0.3, 0.4) is 0 Å². The molecule has 1 fully saturated rings. The summed E-state index contributed by atoms with van der Waals surface area (Å²) in [7, 11) is 0. The van der Waals surface area contributed by atoms with Crippen molar-refractivity contribution < 1.29 is 9.50 Å². The molecule has 0 unspecified atom stereocenters. The van der Waals surface area contributed by atoms with Crippen LogP contribution in [0.4, 0.5) is 4.39 Å². The molecule has 0 saturated heterocycles. The first-order valence-electron chi connectivity index (χ1n) is 7.50. The topological polar surface area (TPSA) is 46.2 Å². The Bertz CT molecular complexity index is 464. The lowest BCUT2D eigenvalue weighted by atomic mass is 9.81. The molecule has 2 rings (SSSR count). The monoisotopic (exact) mass is 277 g/mol. The molecule has 2 nitrogen and oxygen atoms in total. The highest BCUT2D eigenvalue weighted by molar-refractivity contribution is 5.51. The van der Waals surface area contributed by atoms with Crippen LogP contribution in [0.25, 0.3) is 6.08 Å². The van der Waals surface area contributed by atoms with Gasteiger partial charge in [0.1, 0.15) is 5.82 Å². The highest BCUT2D eigenvalue weighted by Gasteiger charge is 2.28. The van der Waals surface area contributed by atoms with E-state index in [9.17, 15) is 9.50 Å². The minimum absolute atomic E-state index is 0.227. The molecule has 0 amide bonds. The van der Waals surface area contributed by atoms with E-state index in [4.69, 9.17) is 5.73 Å². The second-order valence-electron chi connectivity index (χ2n) is 5.78. The van der Waals surface area contributed by atoms with E-state index in [-0.39, 0.29) is 5.82 Å². The van der Waals surface area contributed by atoms with Crippen molar-refractivity contribution in [2.24, 2.45) is 5.73 Å². The fraction of sp³-hybridized carbons (Fsp3) is 0.529. The zero-order chi connectivity index (χ0) is 14.4. The molecule has 0 spiro atoms. The Morgan fingerprint density at radius 3 is 2.70 bits per heavy atom. The minimum atomic E-state index is -0.514. The molecule has 3 heteroatoms. The van der Waals surface area contributed by atoms with Crippen LogP contribution < -0.4 is 5.73 Å². The van der Waals surface area contributed by atoms with Gasteiger partial charge in [0, 0.05) is 12.1 Å². The van der Waals surface area contributed by atoms with Gasteiger partial charge in [0.2, 0.25) is 0 Å². The molecule has 0 radical (unpaired) electrons. The molecule has 20 heavy (non-hydrogen) atoms. The third-order valence-corrected chi connectivity index (χ3v) is 4.16. The molecular formula is C17H24FNO. The van der Waals surface area contributed by atoms with Gasteiger partial charge in [0.25, 0.3) is 0 Å². The third kappa shape index (κ3) is 4.15. The SMILES string of the molecule is NCC=Cc1cc(CCC2(O)CCCCC2)ccc1F. The van der Waals surface area contributed by atoms with Gasteiger partial charge >= 0.3 is 0 Å². The van der Waals surface area contributed by atoms with E-state index in [0.717, 1.165) is 44.1 Å². The van der Waals surface area contributed by atoms with Crippen molar-refractivity contribution in [3.8, 4) is 0 Å². The molecule has 3 N–H and O–H groups in total. The van der Waals surface area contributed by atoms with Crippen LogP contribution in [0, 0.1) is 5.82 Å². The van der Waals surface area contributed by atoms with Gasteiger partial charge in [-0.25, -0.2) is 4.39 Å². The lowest BCUT2D eigenvalue weighted by Gasteiger charge is -2.32. The van der Waals surface area contributed by atoms with Gasteiger partial charge in [0.15, 0.2) is 0 Å². The first kappa shape index (κ1) is 15.2. The Morgan fingerprint density at radius 1 is 1.25 bits per heavy atom. The normalized spacial score (nSPS) is 18.6. The van der Waals surface area contributed by atoms with Crippen molar-refractivity contribution in [1.82, 2.24) is 0 Å². The Balaban J connectivity index is 2.00. The number of nitrogens with two attached hydrogens (primary N) is 1. The number of hydrogen-bond acceptors (Lipinski definition) is 2. The summed E-state index contributed by atoms with van der Waals surface area (Å²) in [6.45, 7) is 0.406. The average Bonchev–Trinajstić information content (AvgIpc) is 2.46. The Hall–Kier alpha value is -1.19. The van der Waals surface area contributed by atoms with E-state index in [1.54, 1.807) is 18.2 Å². The van der Waals surface area contributed by atoms with Gasteiger partial charge in [-0.3, -0.25) is 0 Å². The minimum Gasteiger partial charge on any atom is -0.390 e. The molecule has 0 heterocycles. The standard InChI is InChI=1S/C17H24FNO/c18-16-7-6-14(13-15(16)5-4-12-19)8-11-17(20)9-2-1-3-10-17/h4-7,13,20H,1-3,8-12,19H2. The molecule has 0 atom stereocenters. The van der Waals surface area contributed by atoms with Gasteiger partial charge in [-0.1, -0.05) is 37.5 Å². The fourth-order valence-corrected chi connectivity index (χ4v) is 2.91. The lowest BCUT2D eigenvalue weighted by molar-refractivity contribution is -0.00342. The second kappa shape index (κ2) is 7.00. The maximum Gasteiger partial charge on any atom is 0.130 e. The van der Waals surface area contributed by atoms with Crippen molar-refractivity contribution in [1.29, 1.82) is 0 Å². The van der Waals surface area contributed by atoms with Crippen molar-refractivity contribution in [3.63, 3.8) is 0 Å². The molecule has 1 saturated carbocycles. The van der Waals surface area contributed by atoms with Crippen LogP contribution >= 0.6 is 0 Å². The second-order valence-corrected chi connectivity index (χ2v) is 5.78. The van der Waals surface area contributed by atoms with E-state index in [2.05, 4.69) is 0 Å². The summed E-state index contributed by atoms with van der Waals surface area (Å²) in [6, 6.07) is 5.16. The maximum absolute atomic E-state index is 13.6. The van der Waals surface area contributed by atoms with Crippen molar-refractivity contribution in [2.45, 2.75) is 50.5 Å². The van der Waals surface area contributed by atoms with Gasteiger partial charge in [0.05, 0.1) is 5.60 Å². The van der Waals surface area contributed by atoms with E-state index < -0.39 is 5.60 Å². The van der Waals surface area contributed by atoms with Gasteiger partial charge < -0.3 is 10.8 Å². The summed E-state index contributed by atoms with van der Waals surface area (Å²) in [6.07, 6.45) is 10.3. The van der Waals surface area contributed by atoms with Crippen molar-refractivity contribution in [2.75, 3.05) is 6.54 Å². The highest BCUT2D eigenvalue weighted by Crippen LogP contribution is 2.32. The average molecular weight is 277 g/mol. The molecule has 1 aliphatic rings. The summed E-state index contributed by atoms with van der Waals surface area (Å²) in [4.78, 5) is 0. The number of halogens is 1. The van der Waals surface area contributed by atoms with Crippen LogP contribution in [-0.4, -0.2) is 17.3 Å². The molecule has 1 aromatic carbocycles. The summed E-state index contributed by atoms with van der Waals surface area (Å²) in [5.41, 5.74) is 6.53. The van der Waals surface area contributed by atoms with E-state index in [1.165, 1.54) is 12.5 Å². The van der Waals surface area contributed by atoms with Crippen LogP contribution in [0.2, 0.25) is 0 Å². The summed E-state index contributed by atoms with van der Waals surface area (Å²) in [5.74, 6) is -0.227. The largest absolute Gasteiger partial charge is 0.390 e. The van der Waals surface area contributed by atoms with Crippen molar-refractivity contribution >= 4 is 6.08 Å². The van der Waals surface area contributed by atoms with Crippen LogP contribution in [-0.2, 0) is 6.42 Å². The number of hydrogen-bond donors (Lipinski definition) is 2. The number of aliphatic hydroxyl groups is 1. The first-order chi connectivity index (χ1) is 9.63. The molecule has 0 bridgehead atoms. The van der Waals surface area contributed by atoms with Gasteiger partial charge in [-0.05, 0) is 43.4 Å². The molecule has 110 valence electrons. The number of rotatable bonds is 5. The van der Waals surface area contributed by atoms with E-state index in [1.807, 2.05) is 6.07 Å². The quantitative estimate of drug-likeness (QED) is 0.866. The number of benzene rings is 1. The molecule has 1 aromatic rings. The fourth-order valence-electron chi connectivity index (χ4n) is 2.91. The van der Waals surface area contributed by atoms with E-state index in [0.29, 0.717) is 12.1 Å². The van der Waals surface area contributed by atoms with Crippen LogP contribution in [0.15, 0.2) is 24.3 Å². The summed E-state index contributed by atoms with van der Waals surface area (Å²) >= 11 is 0. The Morgan fingerprint density at radius 2 is 2.00 bits per heavy atom. The smallest absolute Gasteiger partial charge is 0.130 e. The summed E-state index contributed by atoms with van der Waals surface area (Å²) in [5, 5.41) is 10.5. The Kier molecular flexibility index (Phi) is 5.32. The molecule has 1 aliphatic carbocycles. The van der Waals surface area contributed by atoms with Gasteiger partial charge in [-0.15, -0.1) is 0 Å². The maximum atomic E-state index is 13.6. The molecule has 0 aromatic heterocycles. The van der Waals surface area contributed by atoms with Gasteiger partial charge in [-0.2, -0.15) is 0 Å². The zero-order valence-electron chi connectivity index (χ0n) is 11.9. The molecule has 0 aliphatic heterocycles.